The first-order valence-electron chi connectivity index (χ1n) is 6.17. The maximum absolute atomic E-state index is 11.9. The van der Waals surface area contributed by atoms with E-state index in [1.165, 1.54) is 32.9 Å². The molecule has 2 N–H and O–H groups in total. The van der Waals surface area contributed by atoms with Gasteiger partial charge in [0.05, 0.1) is 16.5 Å². The van der Waals surface area contributed by atoms with E-state index in [0.717, 1.165) is 0 Å². The standard InChI is InChI=1S/C15H13NO5/c1-6(17)11-12(7(2)18)14(8(3)19)16-9-4-5-10(20)15(21)13(9)11/h4-5,20-21H,1-3H3. The number of fused-ring (bicyclic) bond motifs is 1. The van der Waals surface area contributed by atoms with Crippen molar-refractivity contribution in [3.8, 4) is 11.5 Å². The largest absolute Gasteiger partial charge is 0.504 e. The number of nitrogens with zero attached hydrogens (tertiary/aromatic N) is 1. The number of Topliss-reactive ketones (excluding diaryl/α,β-unsaturated/α-hetero) is 3. The molecule has 0 amide bonds. The van der Waals surface area contributed by atoms with E-state index in [1.54, 1.807) is 0 Å². The van der Waals surface area contributed by atoms with E-state index in [0.29, 0.717) is 0 Å². The molecule has 0 bridgehead atoms. The number of carbonyl (C=O) groups excluding carboxylic acids is 3. The molecule has 0 spiro atoms. The number of ketones is 3. The normalized spacial score (nSPS) is 10.6. The van der Waals surface area contributed by atoms with Crippen LogP contribution < -0.4 is 0 Å². The van der Waals surface area contributed by atoms with E-state index in [9.17, 15) is 24.6 Å². The van der Waals surface area contributed by atoms with E-state index >= 15 is 0 Å². The van der Waals surface area contributed by atoms with Gasteiger partial charge in [0.1, 0.15) is 5.69 Å². The summed E-state index contributed by atoms with van der Waals surface area (Å²) >= 11 is 0. The van der Waals surface area contributed by atoms with Gasteiger partial charge >= 0.3 is 0 Å². The first-order chi connectivity index (χ1) is 9.75. The lowest BCUT2D eigenvalue weighted by Crippen LogP contribution is -2.14. The van der Waals surface area contributed by atoms with Crippen LogP contribution in [-0.4, -0.2) is 32.5 Å². The number of phenols is 2. The molecule has 0 radical (unpaired) electrons. The smallest absolute Gasteiger partial charge is 0.178 e. The zero-order valence-corrected chi connectivity index (χ0v) is 11.7. The topological polar surface area (TPSA) is 105 Å². The van der Waals surface area contributed by atoms with Crippen molar-refractivity contribution in [2.75, 3.05) is 0 Å². The third kappa shape index (κ3) is 2.24. The molecular weight excluding hydrogens is 274 g/mol. The van der Waals surface area contributed by atoms with Crippen LogP contribution in [0.4, 0.5) is 0 Å². The quantitative estimate of drug-likeness (QED) is 0.662. The van der Waals surface area contributed by atoms with Crippen LogP contribution in [-0.2, 0) is 0 Å². The van der Waals surface area contributed by atoms with Gasteiger partial charge in [0.2, 0.25) is 0 Å². The number of pyridine rings is 1. The van der Waals surface area contributed by atoms with Gasteiger partial charge in [0, 0.05) is 12.5 Å². The summed E-state index contributed by atoms with van der Waals surface area (Å²) in [5.74, 6) is -2.45. The van der Waals surface area contributed by atoms with Crippen molar-refractivity contribution in [2.24, 2.45) is 0 Å². The van der Waals surface area contributed by atoms with Gasteiger partial charge in [-0.05, 0) is 26.0 Å². The van der Waals surface area contributed by atoms with Gasteiger partial charge < -0.3 is 10.2 Å². The molecule has 108 valence electrons. The fraction of sp³-hybridized carbons (Fsp3) is 0.200. The number of aromatic nitrogens is 1. The maximum atomic E-state index is 11.9. The van der Waals surface area contributed by atoms with Crippen molar-refractivity contribution in [3.63, 3.8) is 0 Å². The monoisotopic (exact) mass is 287 g/mol. The molecule has 1 aromatic heterocycles. The van der Waals surface area contributed by atoms with E-state index in [2.05, 4.69) is 4.98 Å². The summed E-state index contributed by atoms with van der Waals surface area (Å²) in [5.41, 5.74) is -0.203. The minimum atomic E-state index is -0.539. The van der Waals surface area contributed by atoms with Crippen LogP contribution in [0.3, 0.4) is 0 Å². The van der Waals surface area contributed by atoms with Crippen molar-refractivity contribution < 1.29 is 24.6 Å². The zero-order valence-electron chi connectivity index (χ0n) is 11.7. The lowest BCUT2D eigenvalue weighted by Gasteiger charge is -2.13. The molecule has 0 aliphatic rings. The molecule has 0 saturated carbocycles. The number of aromatic hydroxyl groups is 2. The molecule has 0 aliphatic carbocycles. The summed E-state index contributed by atoms with van der Waals surface area (Å²) < 4.78 is 0. The number of hydrogen-bond acceptors (Lipinski definition) is 6. The van der Waals surface area contributed by atoms with Crippen LogP contribution in [0.5, 0.6) is 11.5 Å². The van der Waals surface area contributed by atoms with Gasteiger partial charge in [-0.2, -0.15) is 0 Å². The molecule has 0 atom stereocenters. The summed E-state index contributed by atoms with van der Waals surface area (Å²) in [6.45, 7) is 3.67. The molecule has 0 saturated heterocycles. The summed E-state index contributed by atoms with van der Waals surface area (Å²) in [5, 5.41) is 19.5. The molecule has 6 nitrogen and oxygen atoms in total. The Bertz CT molecular complexity index is 808. The predicted octanol–water partition coefficient (Wildman–Crippen LogP) is 2.25. The third-order valence-corrected chi connectivity index (χ3v) is 3.14. The fourth-order valence-corrected chi connectivity index (χ4v) is 2.28. The molecule has 2 aromatic rings. The minimum absolute atomic E-state index is 0.0299. The van der Waals surface area contributed by atoms with E-state index < -0.39 is 28.8 Å². The number of carbonyl (C=O) groups is 3. The van der Waals surface area contributed by atoms with Gasteiger partial charge in [0.15, 0.2) is 28.8 Å². The van der Waals surface area contributed by atoms with Crippen LogP contribution in [0.2, 0.25) is 0 Å². The van der Waals surface area contributed by atoms with Crippen LogP contribution >= 0.6 is 0 Å². The van der Waals surface area contributed by atoms with Crippen molar-refractivity contribution in [3.05, 3.63) is 29.0 Å². The Morgan fingerprint density at radius 1 is 0.905 bits per heavy atom. The van der Waals surface area contributed by atoms with Gasteiger partial charge in [-0.25, -0.2) is 4.98 Å². The summed E-state index contributed by atoms with van der Waals surface area (Å²) in [6, 6.07) is 2.57. The Balaban J connectivity index is 3.15. The Labute approximate surface area is 120 Å². The molecule has 21 heavy (non-hydrogen) atoms. The molecule has 2 rings (SSSR count). The summed E-state index contributed by atoms with van der Waals surface area (Å²) in [7, 11) is 0. The Morgan fingerprint density at radius 3 is 1.95 bits per heavy atom. The van der Waals surface area contributed by atoms with Gasteiger partial charge in [-0.15, -0.1) is 0 Å². The maximum Gasteiger partial charge on any atom is 0.178 e. The molecule has 6 heteroatoms. The second-order valence-electron chi connectivity index (χ2n) is 4.71. The number of benzene rings is 1. The Kier molecular flexibility index (Phi) is 3.47. The van der Waals surface area contributed by atoms with Crippen molar-refractivity contribution in [1.82, 2.24) is 4.98 Å². The lowest BCUT2D eigenvalue weighted by atomic mass is 9.93. The second-order valence-corrected chi connectivity index (χ2v) is 4.71. The SMILES string of the molecule is CC(=O)c1nc2ccc(O)c(O)c2c(C(C)=O)c1C(C)=O. The highest BCUT2D eigenvalue weighted by molar-refractivity contribution is 6.20. The second kappa shape index (κ2) is 4.97. The first kappa shape index (κ1) is 14.6. The first-order valence-corrected chi connectivity index (χ1v) is 6.17. The highest BCUT2D eigenvalue weighted by atomic mass is 16.3. The van der Waals surface area contributed by atoms with Crippen LogP contribution in [0.15, 0.2) is 12.1 Å². The summed E-state index contributed by atoms with van der Waals surface area (Å²) in [4.78, 5) is 39.5. The predicted molar refractivity (Wildman–Crippen MR) is 75.1 cm³/mol. The summed E-state index contributed by atoms with van der Waals surface area (Å²) in [6.07, 6.45) is 0. The van der Waals surface area contributed by atoms with Crippen LogP contribution in [0, 0.1) is 0 Å². The molecule has 1 aromatic carbocycles. The molecular formula is C15H13NO5. The van der Waals surface area contributed by atoms with Gasteiger partial charge in [-0.1, -0.05) is 0 Å². The van der Waals surface area contributed by atoms with Gasteiger partial charge in [-0.3, -0.25) is 14.4 Å². The average Bonchev–Trinajstić information content (AvgIpc) is 2.40. The number of rotatable bonds is 3. The fourth-order valence-electron chi connectivity index (χ4n) is 2.28. The van der Waals surface area contributed by atoms with E-state index in [4.69, 9.17) is 0 Å². The average molecular weight is 287 g/mol. The molecule has 0 aliphatic heterocycles. The lowest BCUT2D eigenvalue weighted by molar-refractivity contribution is 0.0966. The van der Waals surface area contributed by atoms with Crippen LogP contribution in [0.25, 0.3) is 10.9 Å². The zero-order chi connectivity index (χ0) is 15.9. The molecule has 0 unspecified atom stereocenters. The number of hydrogen-bond donors (Lipinski definition) is 2. The van der Waals surface area contributed by atoms with Crippen molar-refractivity contribution >= 4 is 28.3 Å². The highest BCUT2D eigenvalue weighted by Gasteiger charge is 2.25. The highest BCUT2D eigenvalue weighted by Crippen LogP contribution is 2.37. The van der Waals surface area contributed by atoms with E-state index in [1.807, 2.05) is 0 Å². The van der Waals surface area contributed by atoms with Crippen molar-refractivity contribution in [2.45, 2.75) is 20.8 Å². The molecule has 0 fully saturated rings. The Hall–Kier alpha value is -2.76. The minimum Gasteiger partial charge on any atom is -0.504 e. The molecule has 1 heterocycles. The van der Waals surface area contributed by atoms with E-state index in [-0.39, 0.29) is 27.7 Å². The Morgan fingerprint density at radius 2 is 1.48 bits per heavy atom. The van der Waals surface area contributed by atoms with Crippen LogP contribution in [0.1, 0.15) is 52.0 Å². The number of phenolic OH excluding ortho intramolecular Hbond substituents is 2. The van der Waals surface area contributed by atoms with Gasteiger partial charge in [0.25, 0.3) is 0 Å². The third-order valence-electron chi connectivity index (χ3n) is 3.14. The van der Waals surface area contributed by atoms with Crippen molar-refractivity contribution in [1.29, 1.82) is 0 Å².